The lowest BCUT2D eigenvalue weighted by molar-refractivity contribution is -0.124. The second-order valence-electron chi connectivity index (χ2n) is 8.15. The Hall–Kier alpha value is -3.28. The van der Waals surface area contributed by atoms with Crippen molar-refractivity contribution in [2.45, 2.75) is 52.0 Å². The van der Waals surface area contributed by atoms with Crippen molar-refractivity contribution in [2.24, 2.45) is 0 Å². The number of hydrogen-bond donors (Lipinski definition) is 1. The molecule has 0 saturated heterocycles. The number of fused-ring (bicyclic) bond motifs is 1. The van der Waals surface area contributed by atoms with Crippen LogP contribution in [0.5, 0.6) is 17.2 Å². The molecule has 6 heteroatoms. The van der Waals surface area contributed by atoms with Crippen LogP contribution >= 0.6 is 0 Å². The van der Waals surface area contributed by atoms with Crippen LogP contribution in [0.25, 0.3) is 11.0 Å². The topological polar surface area (TPSA) is 77.8 Å². The minimum absolute atomic E-state index is 0.0694. The summed E-state index contributed by atoms with van der Waals surface area (Å²) in [5.41, 5.74) is 2.09. The second-order valence-corrected chi connectivity index (χ2v) is 8.15. The van der Waals surface area contributed by atoms with E-state index in [0.29, 0.717) is 22.5 Å². The minimum Gasteiger partial charge on any atom is -0.484 e. The minimum atomic E-state index is -0.260. The Morgan fingerprint density at radius 1 is 1.06 bits per heavy atom. The molecule has 1 fully saturated rings. The highest BCUT2D eigenvalue weighted by molar-refractivity contribution is 5.80. The van der Waals surface area contributed by atoms with Gasteiger partial charge in [0.2, 0.25) is 11.2 Å². The monoisotopic (exact) mass is 421 g/mol. The van der Waals surface area contributed by atoms with Gasteiger partial charge in [0, 0.05) is 12.1 Å². The van der Waals surface area contributed by atoms with E-state index in [1.165, 1.54) is 12.7 Å². The average molecular weight is 421 g/mol. The SMILES string of the molecule is Cc1ccc(C)c(Oc2coc3cc(OCC(=O)NC4CCCCC4)ccc3c2=O)c1. The molecular weight excluding hydrogens is 394 g/mol. The summed E-state index contributed by atoms with van der Waals surface area (Å²) in [5, 5.41) is 3.41. The molecule has 4 rings (SSSR count). The molecule has 0 unspecified atom stereocenters. The highest BCUT2D eigenvalue weighted by Crippen LogP contribution is 2.27. The van der Waals surface area contributed by atoms with Crippen molar-refractivity contribution < 1.29 is 18.7 Å². The van der Waals surface area contributed by atoms with E-state index in [9.17, 15) is 9.59 Å². The Kier molecular flexibility index (Phi) is 6.26. The molecule has 162 valence electrons. The Bertz CT molecular complexity index is 1140. The summed E-state index contributed by atoms with van der Waals surface area (Å²) < 4.78 is 17.1. The zero-order valence-electron chi connectivity index (χ0n) is 17.9. The number of rotatable bonds is 6. The number of benzene rings is 2. The Morgan fingerprint density at radius 2 is 1.87 bits per heavy atom. The van der Waals surface area contributed by atoms with Crippen LogP contribution in [0.2, 0.25) is 0 Å². The second kappa shape index (κ2) is 9.25. The van der Waals surface area contributed by atoms with Gasteiger partial charge in [-0.2, -0.15) is 0 Å². The number of ether oxygens (including phenoxy) is 2. The van der Waals surface area contributed by atoms with Gasteiger partial charge in [-0.15, -0.1) is 0 Å². The molecule has 0 bridgehead atoms. The molecule has 0 radical (unpaired) electrons. The number of carbonyl (C=O) groups is 1. The van der Waals surface area contributed by atoms with Crippen LogP contribution in [0.15, 0.2) is 51.9 Å². The third-order valence-corrected chi connectivity index (χ3v) is 5.62. The number of nitrogens with one attached hydrogen (secondary N) is 1. The predicted octanol–water partition coefficient (Wildman–Crippen LogP) is 5.03. The molecule has 1 heterocycles. The predicted molar refractivity (Wildman–Crippen MR) is 119 cm³/mol. The Balaban J connectivity index is 1.45. The summed E-state index contributed by atoms with van der Waals surface area (Å²) in [6, 6.07) is 11.0. The third-order valence-electron chi connectivity index (χ3n) is 5.62. The molecule has 1 amide bonds. The van der Waals surface area contributed by atoms with Crippen molar-refractivity contribution in [2.75, 3.05) is 6.61 Å². The quantitative estimate of drug-likeness (QED) is 0.604. The van der Waals surface area contributed by atoms with E-state index in [4.69, 9.17) is 13.9 Å². The van der Waals surface area contributed by atoms with Gasteiger partial charge in [-0.3, -0.25) is 9.59 Å². The molecule has 0 spiro atoms. The van der Waals surface area contributed by atoms with E-state index in [1.807, 2.05) is 32.0 Å². The van der Waals surface area contributed by atoms with Gasteiger partial charge in [0.15, 0.2) is 6.61 Å². The van der Waals surface area contributed by atoms with Crippen LogP contribution < -0.4 is 20.2 Å². The standard InChI is InChI=1S/C25H27NO5/c1-16-8-9-17(2)21(12-16)31-23-14-30-22-13-19(10-11-20(22)25(23)28)29-15-24(27)26-18-6-4-3-5-7-18/h8-14,18H,3-7,15H2,1-2H3,(H,26,27). The first-order valence-electron chi connectivity index (χ1n) is 10.7. The van der Waals surface area contributed by atoms with Crippen molar-refractivity contribution in [3.8, 4) is 17.2 Å². The van der Waals surface area contributed by atoms with Crippen LogP contribution in [-0.4, -0.2) is 18.6 Å². The molecule has 0 atom stereocenters. The summed E-state index contributed by atoms with van der Waals surface area (Å²) in [6.07, 6.45) is 6.92. The van der Waals surface area contributed by atoms with E-state index in [0.717, 1.165) is 36.8 Å². The smallest absolute Gasteiger partial charge is 0.258 e. The van der Waals surface area contributed by atoms with Crippen LogP contribution in [0.1, 0.15) is 43.2 Å². The van der Waals surface area contributed by atoms with Crippen LogP contribution in [0.4, 0.5) is 0 Å². The van der Waals surface area contributed by atoms with Gasteiger partial charge in [0.05, 0.1) is 5.39 Å². The summed E-state index contributed by atoms with van der Waals surface area (Å²) in [4.78, 5) is 25.0. The molecule has 1 aliphatic rings. The maximum Gasteiger partial charge on any atom is 0.258 e. The van der Waals surface area contributed by atoms with Gasteiger partial charge in [-0.1, -0.05) is 31.4 Å². The first-order chi connectivity index (χ1) is 15.0. The van der Waals surface area contributed by atoms with E-state index >= 15 is 0 Å². The lowest BCUT2D eigenvalue weighted by atomic mass is 9.95. The zero-order chi connectivity index (χ0) is 21.8. The highest BCUT2D eigenvalue weighted by Gasteiger charge is 2.16. The highest BCUT2D eigenvalue weighted by atomic mass is 16.5. The lowest BCUT2D eigenvalue weighted by Crippen LogP contribution is -2.38. The summed E-state index contributed by atoms with van der Waals surface area (Å²) in [5.74, 6) is 1.08. The first-order valence-corrected chi connectivity index (χ1v) is 10.7. The summed E-state index contributed by atoms with van der Waals surface area (Å²) >= 11 is 0. The molecule has 2 aromatic carbocycles. The fraction of sp³-hybridized carbons (Fsp3) is 0.360. The number of amides is 1. The Morgan fingerprint density at radius 3 is 2.68 bits per heavy atom. The van der Waals surface area contributed by atoms with Gasteiger partial charge < -0.3 is 19.2 Å². The van der Waals surface area contributed by atoms with Crippen molar-refractivity contribution >= 4 is 16.9 Å². The number of carbonyl (C=O) groups excluding carboxylic acids is 1. The third kappa shape index (κ3) is 5.08. The van der Waals surface area contributed by atoms with Gasteiger partial charge in [0.25, 0.3) is 5.91 Å². The van der Waals surface area contributed by atoms with Crippen LogP contribution in [-0.2, 0) is 4.79 Å². The van der Waals surface area contributed by atoms with E-state index in [2.05, 4.69) is 5.32 Å². The molecule has 1 saturated carbocycles. The first kappa shape index (κ1) is 21.0. The largest absolute Gasteiger partial charge is 0.484 e. The summed E-state index contributed by atoms with van der Waals surface area (Å²) in [6.45, 7) is 3.82. The molecule has 1 aromatic heterocycles. The number of hydrogen-bond acceptors (Lipinski definition) is 5. The summed E-state index contributed by atoms with van der Waals surface area (Å²) in [7, 11) is 0. The van der Waals surface area contributed by atoms with Crippen molar-refractivity contribution in [3.63, 3.8) is 0 Å². The molecule has 1 N–H and O–H groups in total. The van der Waals surface area contributed by atoms with Gasteiger partial charge >= 0.3 is 0 Å². The fourth-order valence-electron chi connectivity index (χ4n) is 3.85. The maximum absolute atomic E-state index is 12.8. The van der Waals surface area contributed by atoms with Crippen molar-refractivity contribution in [1.29, 1.82) is 0 Å². The molecule has 6 nitrogen and oxygen atoms in total. The van der Waals surface area contributed by atoms with Gasteiger partial charge in [-0.25, -0.2) is 0 Å². The molecular formula is C25H27NO5. The molecule has 0 aliphatic heterocycles. The average Bonchev–Trinajstić information content (AvgIpc) is 2.77. The Labute approximate surface area is 181 Å². The fourth-order valence-corrected chi connectivity index (χ4v) is 3.85. The van der Waals surface area contributed by atoms with E-state index in [1.54, 1.807) is 18.2 Å². The molecule has 3 aromatic rings. The van der Waals surface area contributed by atoms with E-state index in [-0.39, 0.29) is 29.7 Å². The van der Waals surface area contributed by atoms with Crippen molar-refractivity contribution in [1.82, 2.24) is 5.32 Å². The normalized spacial score (nSPS) is 14.4. The zero-order valence-corrected chi connectivity index (χ0v) is 17.9. The van der Waals surface area contributed by atoms with Crippen LogP contribution in [0, 0.1) is 13.8 Å². The molecule has 31 heavy (non-hydrogen) atoms. The lowest BCUT2D eigenvalue weighted by Gasteiger charge is -2.22. The van der Waals surface area contributed by atoms with Gasteiger partial charge in [-0.05, 0) is 56.0 Å². The van der Waals surface area contributed by atoms with Crippen molar-refractivity contribution in [3.05, 3.63) is 64.0 Å². The van der Waals surface area contributed by atoms with E-state index < -0.39 is 0 Å². The maximum atomic E-state index is 12.8. The van der Waals surface area contributed by atoms with Gasteiger partial charge in [0.1, 0.15) is 23.3 Å². The van der Waals surface area contributed by atoms with Crippen LogP contribution in [0.3, 0.4) is 0 Å². The number of aryl methyl sites for hydroxylation is 2. The molecule has 1 aliphatic carbocycles.